The van der Waals surface area contributed by atoms with Gasteiger partial charge in [0, 0.05) is 6.54 Å². The first-order valence-corrected chi connectivity index (χ1v) is 7.68. The molecule has 24 heavy (non-hydrogen) atoms. The number of amides is 1. The van der Waals surface area contributed by atoms with Gasteiger partial charge in [-0.25, -0.2) is 14.2 Å². The first kappa shape index (κ1) is 17.7. The molecule has 0 aliphatic carbocycles. The Morgan fingerprint density at radius 3 is 2.58 bits per heavy atom. The third-order valence-electron chi connectivity index (χ3n) is 3.18. The van der Waals surface area contributed by atoms with E-state index in [1.807, 2.05) is 6.92 Å². The second kappa shape index (κ2) is 7.29. The molecule has 0 bridgehead atoms. The van der Waals surface area contributed by atoms with Crippen LogP contribution in [0.4, 0.5) is 20.7 Å². The number of hydrogen-bond donors (Lipinski definition) is 2. The van der Waals surface area contributed by atoms with Crippen LogP contribution in [0, 0.1) is 12.7 Å². The third kappa shape index (κ3) is 5.53. The Kier molecular flexibility index (Phi) is 5.39. The molecule has 2 rings (SSSR count). The summed E-state index contributed by atoms with van der Waals surface area (Å²) in [5, 5.41) is 5.78. The third-order valence-corrected chi connectivity index (χ3v) is 3.18. The summed E-state index contributed by atoms with van der Waals surface area (Å²) in [7, 11) is 0. The fourth-order valence-corrected chi connectivity index (χ4v) is 2.04. The molecule has 0 aliphatic heterocycles. The van der Waals surface area contributed by atoms with Gasteiger partial charge >= 0.3 is 6.09 Å². The smallest absolute Gasteiger partial charge is 0.413 e. The van der Waals surface area contributed by atoms with Gasteiger partial charge in [0.15, 0.2) is 0 Å². The van der Waals surface area contributed by atoms with Crippen molar-refractivity contribution in [3.8, 4) is 0 Å². The molecule has 128 valence electrons. The highest BCUT2D eigenvalue weighted by Crippen LogP contribution is 2.15. The highest BCUT2D eigenvalue weighted by Gasteiger charge is 2.16. The fraction of sp³-hybridized carbons (Fsp3) is 0.333. The Balaban J connectivity index is 1.91. The van der Waals surface area contributed by atoms with Crippen molar-refractivity contribution in [1.29, 1.82) is 0 Å². The summed E-state index contributed by atoms with van der Waals surface area (Å²) in [4.78, 5) is 15.8. The van der Waals surface area contributed by atoms with E-state index in [1.54, 1.807) is 45.2 Å². The zero-order valence-corrected chi connectivity index (χ0v) is 14.3. The molecule has 1 aromatic heterocycles. The first-order valence-electron chi connectivity index (χ1n) is 7.68. The normalized spacial score (nSPS) is 11.0. The molecule has 0 atom stereocenters. The summed E-state index contributed by atoms with van der Waals surface area (Å²) in [6, 6.07) is 8.19. The van der Waals surface area contributed by atoms with Gasteiger partial charge in [0.2, 0.25) is 0 Å². The number of aryl methyl sites for hydroxylation is 1. The number of ether oxygens (including phenoxy) is 1. The molecule has 0 saturated heterocycles. The number of pyridine rings is 1. The zero-order chi connectivity index (χ0) is 17.7. The van der Waals surface area contributed by atoms with Crippen LogP contribution in [-0.2, 0) is 11.3 Å². The number of aromatic nitrogens is 1. The summed E-state index contributed by atoms with van der Waals surface area (Å²) in [6.07, 6.45) is 1.07. The van der Waals surface area contributed by atoms with Gasteiger partial charge in [-0.3, -0.25) is 5.32 Å². The Bertz CT molecular complexity index is 709. The summed E-state index contributed by atoms with van der Waals surface area (Å²) < 4.78 is 18.3. The van der Waals surface area contributed by atoms with Crippen LogP contribution >= 0.6 is 0 Å². The van der Waals surface area contributed by atoms with Crippen molar-refractivity contribution >= 4 is 17.6 Å². The Morgan fingerprint density at radius 2 is 2.00 bits per heavy atom. The maximum absolute atomic E-state index is 13.1. The molecule has 5 nitrogen and oxygen atoms in total. The van der Waals surface area contributed by atoms with Crippen LogP contribution in [0.5, 0.6) is 0 Å². The van der Waals surface area contributed by atoms with Crippen LogP contribution in [0.3, 0.4) is 0 Å². The number of carbonyl (C=O) groups is 1. The number of nitrogens with one attached hydrogen (secondary N) is 2. The van der Waals surface area contributed by atoms with Crippen molar-refractivity contribution in [2.75, 3.05) is 10.6 Å². The Morgan fingerprint density at radius 1 is 1.25 bits per heavy atom. The molecule has 0 aliphatic rings. The molecule has 0 radical (unpaired) electrons. The summed E-state index contributed by atoms with van der Waals surface area (Å²) in [5.74, 6) is 0.170. The van der Waals surface area contributed by atoms with E-state index in [-0.39, 0.29) is 5.82 Å². The van der Waals surface area contributed by atoms with Gasteiger partial charge in [-0.05, 0) is 63.1 Å². The SMILES string of the molecule is Cc1cc(F)ccc1CNc1ccc(NC(=O)OC(C)(C)C)nc1. The molecule has 1 aromatic carbocycles. The van der Waals surface area contributed by atoms with Crippen molar-refractivity contribution in [2.45, 2.75) is 39.8 Å². The van der Waals surface area contributed by atoms with E-state index in [2.05, 4.69) is 15.6 Å². The highest BCUT2D eigenvalue weighted by molar-refractivity contribution is 5.83. The highest BCUT2D eigenvalue weighted by atomic mass is 19.1. The Hall–Kier alpha value is -2.63. The topological polar surface area (TPSA) is 63.2 Å². The number of hydrogen-bond acceptors (Lipinski definition) is 4. The summed E-state index contributed by atoms with van der Waals surface area (Å²) in [5.41, 5.74) is 2.14. The number of nitrogens with zero attached hydrogens (tertiary/aromatic N) is 1. The molecule has 2 N–H and O–H groups in total. The van der Waals surface area contributed by atoms with E-state index in [0.717, 1.165) is 16.8 Å². The van der Waals surface area contributed by atoms with Gasteiger partial charge < -0.3 is 10.1 Å². The van der Waals surface area contributed by atoms with Crippen molar-refractivity contribution in [2.24, 2.45) is 0 Å². The predicted molar refractivity (Wildman–Crippen MR) is 92.6 cm³/mol. The predicted octanol–water partition coefficient (Wildman–Crippen LogP) is 4.49. The monoisotopic (exact) mass is 331 g/mol. The van der Waals surface area contributed by atoms with Gasteiger partial charge in [0.1, 0.15) is 17.2 Å². The average Bonchev–Trinajstić information content (AvgIpc) is 2.46. The van der Waals surface area contributed by atoms with Gasteiger partial charge in [0.05, 0.1) is 11.9 Å². The second-order valence-electron chi connectivity index (χ2n) is 6.48. The maximum Gasteiger partial charge on any atom is 0.413 e. The minimum absolute atomic E-state index is 0.240. The van der Waals surface area contributed by atoms with Crippen LogP contribution in [-0.4, -0.2) is 16.7 Å². The molecule has 1 amide bonds. The lowest BCUT2D eigenvalue weighted by atomic mass is 10.1. The van der Waals surface area contributed by atoms with Crippen molar-refractivity contribution < 1.29 is 13.9 Å². The van der Waals surface area contributed by atoms with E-state index in [0.29, 0.717) is 12.4 Å². The number of rotatable bonds is 4. The maximum atomic E-state index is 13.1. The summed E-state index contributed by atoms with van der Waals surface area (Å²) >= 11 is 0. The quantitative estimate of drug-likeness (QED) is 0.866. The number of benzene rings is 1. The molecule has 0 unspecified atom stereocenters. The van der Waals surface area contributed by atoms with E-state index >= 15 is 0 Å². The van der Waals surface area contributed by atoms with Gasteiger partial charge in [0.25, 0.3) is 0 Å². The van der Waals surface area contributed by atoms with Gasteiger partial charge in [-0.2, -0.15) is 0 Å². The van der Waals surface area contributed by atoms with Crippen molar-refractivity contribution in [3.63, 3.8) is 0 Å². The van der Waals surface area contributed by atoms with E-state index in [1.165, 1.54) is 12.1 Å². The zero-order valence-electron chi connectivity index (χ0n) is 14.3. The second-order valence-corrected chi connectivity index (χ2v) is 6.48. The standard InChI is InChI=1S/C18H22FN3O2/c1-12-9-14(19)6-5-13(12)10-20-15-7-8-16(21-11-15)22-17(23)24-18(2,3)4/h5-9,11,20H,10H2,1-4H3,(H,21,22,23). The molecular formula is C18H22FN3O2. The van der Waals surface area contributed by atoms with Crippen molar-refractivity contribution in [1.82, 2.24) is 4.98 Å². The van der Waals surface area contributed by atoms with E-state index in [9.17, 15) is 9.18 Å². The van der Waals surface area contributed by atoms with Crippen LogP contribution in [0.2, 0.25) is 0 Å². The molecular weight excluding hydrogens is 309 g/mol. The lowest BCUT2D eigenvalue weighted by Crippen LogP contribution is -2.27. The van der Waals surface area contributed by atoms with Gasteiger partial charge in [-0.1, -0.05) is 6.07 Å². The van der Waals surface area contributed by atoms with Crippen molar-refractivity contribution in [3.05, 3.63) is 53.5 Å². The molecule has 0 saturated carbocycles. The fourth-order valence-electron chi connectivity index (χ4n) is 2.04. The lowest BCUT2D eigenvalue weighted by Gasteiger charge is -2.19. The van der Waals surface area contributed by atoms with E-state index in [4.69, 9.17) is 4.74 Å². The van der Waals surface area contributed by atoms with Gasteiger partial charge in [-0.15, -0.1) is 0 Å². The van der Waals surface area contributed by atoms with Crippen LogP contribution < -0.4 is 10.6 Å². The molecule has 0 spiro atoms. The molecule has 2 aromatic rings. The minimum Gasteiger partial charge on any atom is -0.444 e. The Labute approximate surface area is 141 Å². The summed E-state index contributed by atoms with van der Waals surface area (Å²) in [6.45, 7) is 7.82. The molecule has 1 heterocycles. The van der Waals surface area contributed by atoms with Crippen LogP contribution in [0.25, 0.3) is 0 Å². The van der Waals surface area contributed by atoms with Crippen LogP contribution in [0.1, 0.15) is 31.9 Å². The molecule has 0 fully saturated rings. The number of halogens is 1. The minimum atomic E-state index is -0.557. The van der Waals surface area contributed by atoms with E-state index < -0.39 is 11.7 Å². The lowest BCUT2D eigenvalue weighted by molar-refractivity contribution is 0.0635. The number of anilines is 2. The number of carbonyl (C=O) groups excluding carboxylic acids is 1. The average molecular weight is 331 g/mol. The largest absolute Gasteiger partial charge is 0.444 e. The van der Waals surface area contributed by atoms with Crippen LogP contribution in [0.15, 0.2) is 36.5 Å². The first-order chi connectivity index (χ1) is 11.2. The molecule has 6 heteroatoms.